The molecule has 4 rings (SSSR count). The van der Waals surface area contributed by atoms with Crippen molar-refractivity contribution < 1.29 is 13.9 Å². The van der Waals surface area contributed by atoms with E-state index in [-0.39, 0.29) is 11.7 Å². The van der Waals surface area contributed by atoms with Gasteiger partial charge in [-0.2, -0.15) is 0 Å². The fraction of sp³-hybridized carbons (Fsp3) is 0.500. The van der Waals surface area contributed by atoms with E-state index in [9.17, 15) is 9.18 Å². The first-order chi connectivity index (χ1) is 15.2. The standard InChI is InChI=1S/C26H33FN2O2/c27-22-9-7-21(8-10-22)26(15-2-1-3-16-26)25(30)28-23-11-13-24(14-12-23)31-20-6-19-29-17-4-5-18-29/h7-14H,1-6,15-20H2,(H,28,30). The Labute approximate surface area is 184 Å². The zero-order chi connectivity index (χ0) is 21.5. The van der Waals surface area contributed by atoms with E-state index in [0.29, 0.717) is 6.61 Å². The van der Waals surface area contributed by atoms with Gasteiger partial charge in [-0.1, -0.05) is 31.4 Å². The molecule has 4 nitrogen and oxygen atoms in total. The quantitative estimate of drug-likeness (QED) is 0.567. The van der Waals surface area contributed by atoms with Gasteiger partial charge in [0.1, 0.15) is 11.6 Å². The van der Waals surface area contributed by atoms with Gasteiger partial charge in [0.05, 0.1) is 12.0 Å². The molecule has 0 unspecified atom stereocenters. The first kappa shape index (κ1) is 21.8. The Morgan fingerprint density at radius 2 is 1.61 bits per heavy atom. The van der Waals surface area contributed by atoms with Gasteiger partial charge in [0.15, 0.2) is 0 Å². The third-order valence-corrected chi connectivity index (χ3v) is 6.74. The van der Waals surface area contributed by atoms with E-state index in [1.165, 1.54) is 38.1 Å². The third kappa shape index (κ3) is 5.45. The van der Waals surface area contributed by atoms with E-state index in [4.69, 9.17) is 4.74 Å². The second-order valence-corrected chi connectivity index (χ2v) is 8.88. The van der Waals surface area contributed by atoms with Gasteiger partial charge < -0.3 is 15.0 Å². The summed E-state index contributed by atoms with van der Waals surface area (Å²) in [5.74, 6) is 0.551. The van der Waals surface area contributed by atoms with E-state index >= 15 is 0 Å². The Morgan fingerprint density at radius 3 is 2.29 bits per heavy atom. The zero-order valence-electron chi connectivity index (χ0n) is 18.2. The maximum atomic E-state index is 13.4. The van der Waals surface area contributed by atoms with Crippen LogP contribution in [0.4, 0.5) is 10.1 Å². The summed E-state index contributed by atoms with van der Waals surface area (Å²) in [5.41, 5.74) is 1.09. The molecule has 166 valence electrons. The first-order valence-electron chi connectivity index (χ1n) is 11.7. The minimum atomic E-state index is -0.587. The minimum Gasteiger partial charge on any atom is -0.494 e. The summed E-state index contributed by atoms with van der Waals surface area (Å²) in [4.78, 5) is 15.8. The van der Waals surface area contributed by atoms with E-state index in [2.05, 4.69) is 10.2 Å². The van der Waals surface area contributed by atoms with Gasteiger partial charge in [-0.3, -0.25) is 4.79 Å². The number of nitrogens with one attached hydrogen (secondary N) is 1. The van der Waals surface area contributed by atoms with Crippen molar-refractivity contribution in [2.24, 2.45) is 0 Å². The van der Waals surface area contributed by atoms with Gasteiger partial charge in [-0.05, 0) is 87.2 Å². The van der Waals surface area contributed by atoms with Crippen molar-refractivity contribution in [2.75, 3.05) is 31.6 Å². The number of likely N-dealkylation sites (tertiary alicyclic amines) is 1. The number of carbonyl (C=O) groups is 1. The molecule has 0 atom stereocenters. The van der Waals surface area contributed by atoms with Crippen molar-refractivity contribution in [3.63, 3.8) is 0 Å². The van der Waals surface area contributed by atoms with Crippen LogP contribution in [0.3, 0.4) is 0 Å². The number of amides is 1. The molecule has 0 radical (unpaired) electrons. The lowest BCUT2D eigenvalue weighted by molar-refractivity contribution is -0.122. The molecule has 0 spiro atoms. The summed E-state index contributed by atoms with van der Waals surface area (Å²) in [6.45, 7) is 4.23. The molecule has 1 amide bonds. The van der Waals surface area contributed by atoms with E-state index in [1.807, 2.05) is 24.3 Å². The van der Waals surface area contributed by atoms with Crippen LogP contribution in [0.15, 0.2) is 48.5 Å². The SMILES string of the molecule is O=C(Nc1ccc(OCCCN2CCCC2)cc1)C1(c2ccc(F)cc2)CCCCC1. The minimum absolute atomic E-state index is 0.00177. The summed E-state index contributed by atoms with van der Waals surface area (Å²) >= 11 is 0. The lowest BCUT2D eigenvalue weighted by Crippen LogP contribution is -2.42. The number of anilines is 1. The van der Waals surface area contributed by atoms with Gasteiger partial charge in [-0.15, -0.1) is 0 Å². The lowest BCUT2D eigenvalue weighted by Gasteiger charge is -2.36. The molecule has 2 aromatic carbocycles. The second kappa shape index (κ2) is 10.3. The van der Waals surface area contributed by atoms with Crippen LogP contribution >= 0.6 is 0 Å². The molecule has 1 aliphatic heterocycles. The van der Waals surface area contributed by atoms with Gasteiger partial charge in [0, 0.05) is 12.2 Å². The van der Waals surface area contributed by atoms with Crippen molar-refractivity contribution >= 4 is 11.6 Å². The number of halogens is 1. The van der Waals surface area contributed by atoms with Crippen molar-refractivity contribution in [1.29, 1.82) is 0 Å². The largest absolute Gasteiger partial charge is 0.494 e. The Kier molecular flexibility index (Phi) is 7.23. The highest BCUT2D eigenvalue weighted by molar-refractivity contribution is 5.99. The smallest absolute Gasteiger partial charge is 0.235 e. The normalized spacial score (nSPS) is 18.6. The van der Waals surface area contributed by atoms with Crippen LogP contribution in [0.5, 0.6) is 5.75 Å². The van der Waals surface area contributed by atoms with Crippen molar-refractivity contribution in [3.8, 4) is 5.75 Å². The Balaban J connectivity index is 1.34. The van der Waals surface area contributed by atoms with Crippen LogP contribution in [-0.4, -0.2) is 37.0 Å². The maximum Gasteiger partial charge on any atom is 0.235 e. The van der Waals surface area contributed by atoms with Crippen LogP contribution in [0, 0.1) is 5.82 Å². The molecule has 1 heterocycles. The fourth-order valence-electron chi connectivity index (χ4n) is 4.94. The second-order valence-electron chi connectivity index (χ2n) is 8.88. The molecule has 0 aromatic heterocycles. The lowest BCUT2D eigenvalue weighted by atomic mass is 9.68. The molecule has 2 aromatic rings. The highest BCUT2D eigenvalue weighted by Crippen LogP contribution is 2.40. The highest BCUT2D eigenvalue weighted by Gasteiger charge is 2.41. The maximum absolute atomic E-state index is 13.4. The molecular formula is C26H33FN2O2. The molecule has 1 N–H and O–H groups in total. The van der Waals surface area contributed by atoms with Crippen LogP contribution in [0.2, 0.25) is 0 Å². The Hall–Kier alpha value is -2.40. The molecule has 31 heavy (non-hydrogen) atoms. The van der Waals surface area contributed by atoms with Crippen LogP contribution < -0.4 is 10.1 Å². The van der Waals surface area contributed by atoms with E-state index in [1.54, 1.807) is 12.1 Å². The first-order valence-corrected chi connectivity index (χ1v) is 11.7. The van der Waals surface area contributed by atoms with E-state index < -0.39 is 5.41 Å². The van der Waals surface area contributed by atoms with Gasteiger partial charge >= 0.3 is 0 Å². The molecule has 5 heteroatoms. The third-order valence-electron chi connectivity index (χ3n) is 6.74. The number of benzene rings is 2. The molecular weight excluding hydrogens is 391 g/mol. The Morgan fingerprint density at radius 1 is 0.935 bits per heavy atom. The number of ether oxygens (including phenoxy) is 1. The molecule has 2 fully saturated rings. The summed E-state index contributed by atoms with van der Waals surface area (Å²) < 4.78 is 19.3. The van der Waals surface area contributed by atoms with Crippen molar-refractivity contribution in [1.82, 2.24) is 4.90 Å². The van der Waals surface area contributed by atoms with Crippen molar-refractivity contribution in [3.05, 3.63) is 59.9 Å². The predicted molar refractivity (Wildman–Crippen MR) is 122 cm³/mol. The topological polar surface area (TPSA) is 41.6 Å². The zero-order valence-corrected chi connectivity index (χ0v) is 18.2. The van der Waals surface area contributed by atoms with Crippen LogP contribution in [-0.2, 0) is 10.2 Å². The number of hydrogen-bond acceptors (Lipinski definition) is 3. The van der Waals surface area contributed by atoms with Crippen LogP contribution in [0.25, 0.3) is 0 Å². The van der Waals surface area contributed by atoms with E-state index in [0.717, 1.165) is 62.1 Å². The Bertz CT molecular complexity index is 839. The fourth-order valence-corrected chi connectivity index (χ4v) is 4.94. The van der Waals surface area contributed by atoms with Gasteiger partial charge in [0.25, 0.3) is 0 Å². The number of hydrogen-bond donors (Lipinski definition) is 1. The molecule has 1 saturated carbocycles. The summed E-state index contributed by atoms with van der Waals surface area (Å²) in [5, 5.41) is 3.10. The average molecular weight is 425 g/mol. The molecule has 0 bridgehead atoms. The number of rotatable bonds is 8. The molecule has 2 aliphatic rings. The van der Waals surface area contributed by atoms with Crippen molar-refractivity contribution in [2.45, 2.75) is 56.8 Å². The summed E-state index contributed by atoms with van der Waals surface area (Å²) in [6, 6.07) is 14.1. The monoisotopic (exact) mass is 424 g/mol. The highest BCUT2D eigenvalue weighted by atomic mass is 19.1. The van der Waals surface area contributed by atoms with Gasteiger partial charge in [-0.25, -0.2) is 4.39 Å². The van der Waals surface area contributed by atoms with Crippen LogP contribution in [0.1, 0.15) is 56.9 Å². The van der Waals surface area contributed by atoms with Gasteiger partial charge in [0.2, 0.25) is 5.91 Å². The molecule has 1 saturated heterocycles. The number of nitrogens with zero attached hydrogens (tertiary/aromatic N) is 1. The summed E-state index contributed by atoms with van der Waals surface area (Å²) in [7, 11) is 0. The number of carbonyl (C=O) groups excluding carboxylic acids is 1. The molecule has 1 aliphatic carbocycles. The summed E-state index contributed by atoms with van der Waals surface area (Å²) in [6.07, 6.45) is 8.40. The predicted octanol–water partition coefficient (Wildman–Crippen LogP) is 5.53. The average Bonchev–Trinajstić information content (AvgIpc) is 3.32.